The molecule has 0 saturated carbocycles. The molecule has 0 bridgehead atoms. The Labute approximate surface area is 67.5 Å². The van der Waals surface area contributed by atoms with E-state index in [1.807, 2.05) is 20.8 Å². The topological polar surface area (TPSA) is 18.5 Å². The van der Waals surface area contributed by atoms with Crippen molar-refractivity contribution >= 4 is 17.3 Å². The summed E-state index contributed by atoms with van der Waals surface area (Å²) in [5.74, 6) is 0. The molecule has 0 spiro atoms. The summed E-state index contributed by atoms with van der Waals surface area (Å²) < 4.78 is 10.2. The van der Waals surface area contributed by atoms with Gasteiger partial charge < -0.3 is 9.47 Å². The van der Waals surface area contributed by atoms with E-state index in [9.17, 15) is 0 Å². The van der Waals surface area contributed by atoms with Crippen LogP contribution in [0.5, 0.6) is 0 Å². The molecule has 0 aliphatic carbocycles. The predicted molar refractivity (Wildman–Crippen MR) is 45.3 cm³/mol. The quantitative estimate of drug-likeness (QED) is 0.587. The summed E-state index contributed by atoms with van der Waals surface area (Å²) in [5.41, 5.74) is 0. The largest absolute Gasteiger partial charge is 0.485 e. The molecule has 0 aromatic heterocycles. The second-order valence-corrected chi connectivity index (χ2v) is 2.62. The molecular formula is C7H14O2S. The lowest BCUT2D eigenvalue weighted by Crippen LogP contribution is -2.13. The van der Waals surface area contributed by atoms with Gasteiger partial charge in [0.2, 0.25) is 0 Å². The summed E-state index contributed by atoms with van der Waals surface area (Å²) in [6.07, 6.45) is 0.221. The van der Waals surface area contributed by atoms with Crippen LogP contribution in [-0.4, -0.2) is 24.4 Å². The van der Waals surface area contributed by atoms with Gasteiger partial charge in [0.25, 0.3) is 0 Å². The molecule has 0 saturated heterocycles. The number of hydrogen-bond acceptors (Lipinski definition) is 3. The molecule has 0 heterocycles. The van der Waals surface area contributed by atoms with Crippen molar-refractivity contribution in [2.45, 2.75) is 26.9 Å². The number of rotatable bonds is 4. The van der Waals surface area contributed by atoms with E-state index in [0.29, 0.717) is 18.3 Å². The normalized spacial score (nSPS) is 10.0. The molecule has 2 nitrogen and oxygen atoms in total. The fourth-order valence-electron chi connectivity index (χ4n) is 0.437. The first-order chi connectivity index (χ1) is 4.66. The van der Waals surface area contributed by atoms with Gasteiger partial charge in [0.05, 0.1) is 12.7 Å². The summed E-state index contributed by atoms with van der Waals surface area (Å²) in [6.45, 7) is 6.89. The average molecular weight is 162 g/mol. The Hall–Kier alpha value is -0.150. The van der Waals surface area contributed by atoms with Crippen molar-refractivity contribution in [3.63, 3.8) is 0 Å². The first-order valence-electron chi connectivity index (χ1n) is 3.44. The molecule has 0 radical (unpaired) electrons. The minimum Gasteiger partial charge on any atom is -0.485 e. The summed E-state index contributed by atoms with van der Waals surface area (Å²) >= 11 is 4.82. The van der Waals surface area contributed by atoms with Crippen molar-refractivity contribution in [2.75, 3.05) is 13.2 Å². The van der Waals surface area contributed by atoms with E-state index in [0.717, 1.165) is 0 Å². The summed E-state index contributed by atoms with van der Waals surface area (Å²) in [6, 6.07) is 0. The van der Waals surface area contributed by atoms with E-state index in [2.05, 4.69) is 0 Å². The fourth-order valence-corrected chi connectivity index (χ4v) is 0.623. The van der Waals surface area contributed by atoms with Gasteiger partial charge in [0.15, 0.2) is 5.05 Å². The highest BCUT2D eigenvalue weighted by Crippen LogP contribution is 1.90. The van der Waals surface area contributed by atoms with Crippen LogP contribution in [0.15, 0.2) is 0 Å². The minimum atomic E-state index is 0.221. The van der Waals surface area contributed by atoms with Crippen LogP contribution < -0.4 is 0 Å². The fraction of sp³-hybridized carbons (Fsp3) is 0.857. The first kappa shape index (κ1) is 9.85. The first-order valence-corrected chi connectivity index (χ1v) is 3.84. The number of hydrogen-bond donors (Lipinski definition) is 0. The zero-order valence-electron chi connectivity index (χ0n) is 6.72. The second kappa shape index (κ2) is 5.62. The van der Waals surface area contributed by atoms with Gasteiger partial charge >= 0.3 is 0 Å². The minimum absolute atomic E-state index is 0.221. The van der Waals surface area contributed by atoms with Gasteiger partial charge in [-0.2, -0.15) is 0 Å². The Morgan fingerprint density at radius 2 is 2.10 bits per heavy atom. The lowest BCUT2D eigenvalue weighted by atomic mass is 10.5. The highest BCUT2D eigenvalue weighted by Gasteiger charge is 1.97. The lowest BCUT2D eigenvalue weighted by Gasteiger charge is -2.07. The molecule has 0 atom stereocenters. The van der Waals surface area contributed by atoms with Gasteiger partial charge in [-0.15, -0.1) is 0 Å². The predicted octanol–water partition coefficient (Wildman–Crippen LogP) is 1.78. The van der Waals surface area contributed by atoms with E-state index in [4.69, 9.17) is 21.7 Å². The van der Waals surface area contributed by atoms with Crippen LogP contribution in [0.1, 0.15) is 20.8 Å². The highest BCUT2D eigenvalue weighted by atomic mass is 32.1. The van der Waals surface area contributed by atoms with Crippen molar-refractivity contribution in [1.82, 2.24) is 0 Å². The molecule has 0 unspecified atom stereocenters. The van der Waals surface area contributed by atoms with Crippen molar-refractivity contribution in [2.24, 2.45) is 0 Å². The van der Waals surface area contributed by atoms with Crippen LogP contribution in [0.3, 0.4) is 0 Å². The molecule has 0 aliphatic rings. The van der Waals surface area contributed by atoms with Crippen LogP contribution >= 0.6 is 12.2 Å². The Balaban J connectivity index is 3.22. The van der Waals surface area contributed by atoms with Crippen molar-refractivity contribution in [3.05, 3.63) is 0 Å². The third-order valence-electron chi connectivity index (χ3n) is 0.840. The second-order valence-electron chi connectivity index (χ2n) is 2.16. The van der Waals surface area contributed by atoms with Crippen LogP contribution in [0.4, 0.5) is 0 Å². The zero-order valence-corrected chi connectivity index (χ0v) is 7.53. The molecule has 3 heteroatoms. The SMILES string of the molecule is CCOC(=S)COC(C)C. The molecule has 0 aromatic rings. The Kier molecular flexibility index (Phi) is 5.54. The molecule has 60 valence electrons. The molecule has 0 rings (SSSR count). The molecule has 0 aromatic carbocycles. The Morgan fingerprint density at radius 1 is 1.50 bits per heavy atom. The van der Waals surface area contributed by atoms with Crippen LogP contribution in [-0.2, 0) is 9.47 Å². The summed E-state index contributed by atoms with van der Waals surface area (Å²) in [4.78, 5) is 0. The van der Waals surface area contributed by atoms with Gasteiger partial charge in [0.1, 0.15) is 6.61 Å². The summed E-state index contributed by atoms with van der Waals surface area (Å²) in [7, 11) is 0. The van der Waals surface area contributed by atoms with Gasteiger partial charge in [0, 0.05) is 0 Å². The van der Waals surface area contributed by atoms with Crippen LogP contribution in [0, 0.1) is 0 Å². The molecule has 0 fully saturated rings. The van der Waals surface area contributed by atoms with E-state index >= 15 is 0 Å². The summed E-state index contributed by atoms with van der Waals surface area (Å²) in [5, 5.41) is 0.538. The Bertz CT molecular complexity index is 102. The van der Waals surface area contributed by atoms with E-state index in [1.54, 1.807) is 0 Å². The smallest absolute Gasteiger partial charge is 0.185 e. The maximum atomic E-state index is 5.19. The van der Waals surface area contributed by atoms with Crippen molar-refractivity contribution in [1.29, 1.82) is 0 Å². The third-order valence-corrected chi connectivity index (χ3v) is 1.08. The third kappa shape index (κ3) is 5.98. The molecule has 0 amide bonds. The highest BCUT2D eigenvalue weighted by molar-refractivity contribution is 7.80. The van der Waals surface area contributed by atoms with E-state index in [1.165, 1.54) is 0 Å². The van der Waals surface area contributed by atoms with Gasteiger partial charge in [-0.3, -0.25) is 0 Å². The number of thiocarbonyl (C=S) groups is 1. The van der Waals surface area contributed by atoms with Crippen LogP contribution in [0.2, 0.25) is 0 Å². The molecule has 0 N–H and O–H groups in total. The lowest BCUT2D eigenvalue weighted by molar-refractivity contribution is 0.0993. The zero-order chi connectivity index (χ0) is 7.98. The van der Waals surface area contributed by atoms with Gasteiger partial charge in [-0.25, -0.2) is 0 Å². The maximum Gasteiger partial charge on any atom is 0.185 e. The molecule has 10 heavy (non-hydrogen) atoms. The standard InChI is InChI=1S/C7H14O2S/c1-4-8-7(10)5-9-6(2)3/h6H,4-5H2,1-3H3. The number of ether oxygens (including phenoxy) is 2. The monoisotopic (exact) mass is 162 g/mol. The maximum absolute atomic E-state index is 5.19. The Morgan fingerprint density at radius 3 is 2.50 bits per heavy atom. The van der Waals surface area contributed by atoms with Crippen molar-refractivity contribution in [3.8, 4) is 0 Å². The average Bonchev–Trinajstić information content (AvgIpc) is 1.85. The van der Waals surface area contributed by atoms with E-state index < -0.39 is 0 Å². The van der Waals surface area contributed by atoms with Crippen molar-refractivity contribution < 1.29 is 9.47 Å². The van der Waals surface area contributed by atoms with Gasteiger partial charge in [-0.1, -0.05) is 0 Å². The molecule has 0 aliphatic heterocycles. The van der Waals surface area contributed by atoms with Crippen LogP contribution in [0.25, 0.3) is 0 Å². The van der Waals surface area contributed by atoms with E-state index in [-0.39, 0.29) is 6.10 Å². The molecular weight excluding hydrogens is 148 g/mol. The van der Waals surface area contributed by atoms with Gasteiger partial charge in [-0.05, 0) is 33.0 Å².